The maximum absolute atomic E-state index is 11.3. The van der Waals surface area contributed by atoms with E-state index < -0.39 is 11.9 Å². The van der Waals surface area contributed by atoms with Crippen molar-refractivity contribution in [3.63, 3.8) is 0 Å². The average molecular weight is 226 g/mol. The molecule has 0 amide bonds. The zero-order valence-corrected chi connectivity index (χ0v) is 9.66. The van der Waals surface area contributed by atoms with Crippen molar-refractivity contribution in [2.45, 2.75) is 45.1 Å². The molecule has 1 aliphatic carbocycles. The van der Waals surface area contributed by atoms with Crippen molar-refractivity contribution in [2.24, 2.45) is 0 Å². The van der Waals surface area contributed by atoms with Crippen molar-refractivity contribution >= 4 is 11.9 Å². The minimum absolute atomic E-state index is 0.00443. The van der Waals surface area contributed by atoms with E-state index in [9.17, 15) is 9.59 Å². The molecule has 1 saturated carbocycles. The Morgan fingerprint density at radius 1 is 1.25 bits per heavy atom. The summed E-state index contributed by atoms with van der Waals surface area (Å²) in [7, 11) is 0. The molecule has 0 saturated heterocycles. The third kappa shape index (κ3) is 4.47. The van der Waals surface area contributed by atoms with Gasteiger partial charge in [-0.05, 0) is 32.6 Å². The van der Waals surface area contributed by atoms with Gasteiger partial charge in [0, 0.05) is 5.57 Å². The summed E-state index contributed by atoms with van der Waals surface area (Å²) in [4.78, 5) is 22.3. The van der Waals surface area contributed by atoms with Gasteiger partial charge in [0.1, 0.15) is 6.10 Å². The summed E-state index contributed by atoms with van der Waals surface area (Å²) < 4.78 is 9.87. The molecule has 0 spiro atoms. The summed E-state index contributed by atoms with van der Waals surface area (Å²) in [5.74, 6) is -1.03. The number of hydrogen-bond donors (Lipinski definition) is 0. The molecule has 0 aromatic carbocycles. The second-order valence-electron chi connectivity index (χ2n) is 4.11. The fourth-order valence-electron chi connectivity index (χ4n) is 1.65. The molecule has 16 heavy (non-hydrogen) atoms. The maximum Gasteiger partial charge on any atom is 0.344 e. The molecule has 0 bridgehead atoms. The van der Waals surface area contributed by atoms with Gasteiger partial charge in [-0.15, -0.1) is 0 Å². The van der Waals surface area contributed by atoms with Crippen LogP contribution in [-0.4, -0.2) is 24.6 Å². The van der Waals surface area contributed by atoms with E-state index in [4.69, 9.17) is 9.47 Å². The predicted molar refractivity (Wildman–Crippen MR) is 58.7 cm³/mol. The normalized spacial score (nSPS) is 16.6. The molecule has 1 aliphatic rings. The molecule has 4 nitrogen and oxygen atoms in total. The van der Waals surface area contributed by atoms with E-state index in [1.807, 2.05) is 0 Å². The highest BCUT2D eigenvalue weighted by Gasteiger charge is 2.18. The Hall–Kier alpha value is -1.32. The van der Waals surface area contributed by atoms with Gasteiger partial charge in [-0.2, -0.15) is 0 Å². The minimum atomic E-state index is -0.555. The summed E-state index contributed by atoms with van der Waals surface area (Å²) in [6, 6.07) is 0. The van der Waals surface area contributed by atoms with Crippen molar-refractivity contribution in [2.75, 3.05) is 6.61 Å². The van der Waals surface area contributed by atoms with Crippen LogP contribution in [0.3, 0.4) is 0 Å². The highest BCUT2D eigenvalue weighted by Crippen LogP contribution is 2.20. The second-order valence-corrected chi connectivity index (χ2v) is 4.11. The third-order valence-corrected chi connectivity index (χ3v) is 2.52. The molecule has 0 atom stereocenters. The molecule has 0 radical (unpaired) electrons. The summed E-state index contributed by atoms with van der Waals surface area (Å²) in [5, 5.41) is 0. The van der Waals surface area contributed by atoms with Gasteiger partial charge in [-0.3, -0.25) is 0 Å². The monoisotopic (exact) mass is 226 g/mol. The molecule has 1 rings (SSSR count). The largest absolute Gasteiger partial charge is 0.460 e. The fourth-order valence-corrected chi connectivity index (χ4v) is 1.65. The third-order valence-electron chi connectivity index (χ3n) is 2.52. The van der Waals surface area contributed by atoms with Crippen molar-refractivity contribution in [1.82, 2.24) is 0 Å². The van der Waals surface area contributed by atoms with Crippen LogP contribution in [0.5, 0.6) is 0 Å². The number of esters is 2. The van der Waals surface area contributed by atoms with Gasteiger partial charge in [-0.25, -0.2) is 9.59 Å². The molecular formula is C12H18O4. The number of rotatable bonds is 4. The molecule has 0 aliphatic heterocycles. The first-order valence-electron chi connectivity index (χ1n) is 5.61. The lowest BCUT2D eigenvalue weighted by Crippen LogP contribution is -2.24. The van der Waals surface area contributed by atoms with Crippen molar-refractivity contribution in [3.8, 4) is 0 Å². The van der Waals surface area contributed by atoms with Crippen LogP contribution in [0.25, 0.3) is 0 Å². The first kappa shape index (κ1) is 12.7. The van der Waals surface area contributed by atoms with Gasteiger partial charge in [-0.1, -0.05) is 13.0 Å². The molecule has 0 N–H and O–H groups in total. The molecule has 0 heterocycles. The summed E-state index contributed by atoms with van der Waals surface area (Å²) in [6.45, 7) is 4.64. The Morgan fingerprint density at radius 3 is 2.44 bits per heavy atom. The Labute approximate surface area is 95.6 Å². The van der Waals surface area contributed by atoms with E-state index in [2.05, 4.69) is 6.58 Å². The Morgan fingerprint density at radius 2 is 1.88 bits per heavy atom. The molecular weight excluding hydrogens is 208 g/mol. The van der Waals surface area contributed by atoms with E-state index in [0.29, 0.717) is 0 Å². The van der Waals surface area contributed by atoms with Crippen LogP contribution in [0, 0.1) is 0 Å². The molecule has 4 heteroatoms. The van der Waals surface area contributed by atoms with Gasteiger partial charge in [0.2, 0.25) is 0 Å². The van der Waals surface area contributed by atoms with Gasteiger partial charge < -0.3 is 9.47 Å². The van der Waals surface area contributed by atoms with E-state index in [-0.39, 0.29) is 18.3 Å². The standard InChI is InChI=1S/C12H18O4/c1-9(2)12(14)15-8-11(13)16-10-6-4-3-5-7-10/h10H,1,3-8H2,2H3. The zero-order valence-electron chi connectivity index (χ0n) is 9.66. The summed E-state index contributed by atoms with van der Waals surface area (Å²) in [6.07, 6.45) is 5.25. The first-order chi connectivity index (χ1) is 7.59. The lowest BCUT2D eigenvalue weighted by atomic mass is 9.98. The van der Waals surface area contributed by atoms with Crippen LogP contribution < -0.4 is 0 Å². The Bertz CT molecular complexity index is 277. The van der Waals surface area contributed by atoms with Gasteiger partial charge >= 0.3 is 11.9 Å². The number of ether oxygens (including phenoxy) is 2. The molecule has 0 aromatic heterocycles. The van der Waals surface area contributed by atoms with E-state index in [1.54, 1.807) is 0 Å². The van der Waals surface area contributed by atoms with Crippen LogP contribution in [-0.2, 0) is 19.1 Å². The molecule has 90 valence electrons. The SMILES string of the molecule is C=C(C)C(=O)OCC(=O)OC1CCCCC1. The molecule has 0 aromatic rings. The van der Waals surface area contributed by atoms with Crippen LogP contribution >= 0.6 is 0 Å². The number of carbonyl (C=O) groups is 2. The highest BCUT2D eigenvalue weighted by atomic mass is 16.6. The molecule has 1 fully saturated rings. The van der Waals surface area contributed by atoms with Crippen molar-refractivity contribution in [3.05, 3.63) is 12.2 Å². The van der Waals surface area contributed by atoms with Crippen LogP contribution in [0.4, 0.5) is 0 Å². The minimum Gasteiger partial charge on any atom is -0.460 e. The lowest BCUT2D eigenvalue weighted by molar-refractivity contribution is -0.161. The van der Waals surface area contributed by atoms with Gasteiger partial charge in [0.05, 0.1) is 0 Å². The van der Waals surface area contributed by atoms with Crippen LogP contribution in [0.2, 0.25) is 0 Å². The number of hydrogen-bond acceptors (Lipinski definition) is 4. The van der Waals surface area contributed by atoms with E-state index in [1.165, 1.54) is 13.3 Å². The highest BCUT2D eigenvalue weighted by molar-refractivity contribution is 5.88. The van der Waals surface area contributed by atoms with Gasteiger partial charge in [0.25, 0.3) is 0 Å². The van der Waals surface area contributed by atoms with Crippen LogP contribution in [0.15, 0.2) is 12.2 Å². The van der Waals surface area contributed by atoms with Crippen molar-refractivity contribution < 1.29 is 19.1 Å². The topological polar surface area (TPSA) is 52.6 Å². The molecule has 0 unspecified atom stereocenters. The fraction of sp³-hybridized carbons (Fsp3) is 0.667. The quantitative estimate of drug-likeness (QED) is 0.543. The zero-order chi connectivity index (χ0) is 12.0. The second kappa shape index (κ2) is 6.30. The van der Waals surface area contributed by atoms with Crippen LogP contribution in [0.1, 0.15) is 39.0 Å². The smallest absolute Gasteiger partial charge is 0.344 e. The first-order valence-corrected chi connectivity index (χ1v) is 5.61. The number of carbonyl (C=O) groups excluding carboxylic acids is 2. The maximum atomic E-state index is 11.3. The Kier molecular flexibility index (Phi) is 5.02. The lowest BCUT2D eigenvalue weighted by Gasteiger charge is -2.21. The average Bonchev–Trinajstić information content (AvgIpc) is 2.27. The van der Waals surface area contributed by atoms with E-state index in [0.717, 1.165) is 25.7 Å². The van der Waals surface area contributed by atoms with E-state index >= 15 is 0 Å². The summed E-state index contributed by atoms with van der Waals surface area (Å²) in [5.41, 5.74) is 0.283. The predicted octanol–water partition coefficient (Wildman–Crippen LogP) is 1.98. The van der Waals surface area contributed by atoms with Gasteiger partial charge in [0.15, 0.2) is 6.61 Å². The Balaban J connectivity index is 2.19. The summed E-state index contributed by atoms with van der Waals surface area (Å²) >= 11 is 0. The van der Waals surface area contributed by atoms with Crippen molar-refractivity contribution in [1.29, 1.82) is 0 Å².